The van der Waals surface area contributed by atoms with Crippen molar-refractivity contribution in [3.63, 3.8) is 0 Å². The number of hydrogen-bond acceptors (Lipinski definition) is 5. The summed E-state index contributed by atoms with van der Waals surface area (Å²) in [5.41, 5.74) is 0.393. The van der Waals surface area contributed by atoms with Crippen molar-refractivity contribution in [1.82, 2.24) is 18.7 Å². The van der Waals surface area contributed by atoms with Crippen LogP contribution in [0.3, 0.4) is 0 Å². The number of rotatable bonds is 4. The van der Waals surface area contributed by atoms with Crippen LogP contribution in [-0.2, 0) is 26.7 Å². The monoisotopic (exact) mass is 343 g/mol. The van der Waals surface area contributed by atoms with Crippen LogP contribution in [0, 0.1) is 0 Å². The van der Waals surface area contributed by atoms with Gasteiger partial charge in [-0.25, -0.2) is 4.79 Å². The van der Waals surface area contributed by atoms with E-state index in [1.807, 2.05) is 23.6 Å². The van der Waals surface area contributed by atoms with Gasteiger partial charge in [0.25, 0.3) is 5.56 Å². The van der Waals surface area contributed by atoms with Gasteiger partial charge in [-0.1, -0.05) is 6.92 Å². The van der Waals surface area contributed by atoms with E-state index >= 15 is 0 Å². The van der Waals surface area contributed by atoms with Crippen LogP contribution in [0.5, 0.6) is 0 Å². The molecule has 0 atom stereocenters. The van der Waals surface area contributed by atoms with Gasteiger partial charge in [-0.3, -0.25) is 13.9 Å². The van der Waals surface area contributed by atoms with Crippen molar-refractivity contribution in [2.45, 2.75) is 39.4 Å². The van der Waals surface area contributed by atoms with Crippen LogP contribution >= 0.6 is 0 Å². The maximum Gasteiger partial charge on any atom is 0.332 e. The lowest BCUT2D eigenvalue weighted by atomic mass is 10.3. The molecule has 0 saturated carbocycles. The second-order valence-electron chi connectivity index (χ2n) is 6.39. The highest BCUT2D eigenvalue weighted by molar-refractivity contribution is 5.74. The van der Waals surface area contributed by atoms with Gasteiger partial charge >= 0.3 is 5.69 Å². The van der Waals surface area contributed by atoms with Crippen LogP contribution in [-0.4, -0.2) is 25.2 Å². The molecule has 8 heteroatoms. The summed E-state index contributed by atoms with van der Waals surface area (Å²) in [6.07, 6.45) is 3.29. The van der Waals surface area contributed by atoms with Gasteiger partial charge in [0.1, 0.15) is 5.76 Å². The normalized spacial score (nSPS) is 14.2. The van der Waals surface area contributed by atoms with Gasteiger partial charge in [-0.2, -0.15) is 4.98 Å². The van der Waals surface area contributed by atoms with Crippen LogP contribution in [0.4, 0.5) is 5.95 Å². The Balaban J connectivity index is 1.91. The number of aryl methyl sites for hydroxylation is 2. The number of hydrogen-bond donors (Lipinski definition) is 0. The van der Waals surface area contributed by atoms with Gasteiger partial charge < -0.3 is 13.9 Å². The zero-order valence-corrected chi connectivity index (χ0v) is 14.4. The molecule has 1 aliphatic rings. The zero-order valence-electron chi connectivity index (χ0n) is 14.4. The molecule has 0 unspecified atom stereocenters. The van der Waals surface area contributed by atoms with E-state index in [2.05, 4.69) is 9.88 Å². The van der Waals surface area contributed by atoms with Gasteiger partial charge in [0.2, 0.25) is 5.95 Å². The molecule has 4 heterocycles. The molecule has 0 fully saturated rings. The third-order valence-electron chi connectivity index (χ3n) is 4.68. The fraction of sp³-hybridized carbons (Fsp3) is 0.471. The number of anilines is 1. The number of furan rings is 1. The van der Waals surface area contributed by atoms with Gasteiger partial charge in [-0.15, -0.1) is 0 Å². The summed E-state index contributed by atoms with van der Waals surface area (Å²) in [7, 11) is 1.67. The fourth-order valence-corrected chi connectivity index (χ4v) is 3.49. The molecule has 0 aliphatic carbocycles. The summed E-state index contributed by atoms with van der Waals surface area (Å²) in [5.74, 6) is 1.57. The first-order chi connectivity index (χ1) is 12.1. The number of fused-ring (bicyclic) bond motifs is 3. The van der Waals surface area contributed by atoms with Crippen LogP contribution < -0.4 is 16.1 Å². The quantitative estimate of drug-likeness (QED) is 0.714. The van der Waals surface area contributed by atoms with Crippen molar-refractivity contribution in [1.29, 1.82) is 0 Å². The van der Waals surface area contributed by atoms with E-state index in [4.69, 9.17) is 4.42 Å². The molecule has 4 rings (SSSR count). The molecule has 0 amide bonds. The standard InChI is InChI=1S/C17H21N5O3/c1-3-7-22-15(23)13-14(19(2)17(22)24)18-16-20(8-5-9-21(13)16)11-12-6-4-10-25-12/h4,6,10H,3,5,7-9,11H2,1-2H3. The third-order valence-corrected chi connectivity index (χ3v) is 4.68. The predicted octanol–water partition coefficient (Wildman–Crippen LogP) is 1.31. The van der Waals surface area contributed by atoms with Crippen molar-refractivity contribution in [2.75, 3.05) is 11.4 Å². The first kappa shape index (κ1) is 15.7. The second kappa shape index (κ2) is 5.94. The largest absolute Gasteiger partial charge is 0.467 e. The lowest BCUT2D eigenvalue weighted by Gasteiger charge is -2.28. The molecule has 0 aromatic carbocycles. The summed E-state index contributed by atoms with van der Waals surface area (Å²) < 4.78 is 10.2. The topological polar surface area (TPSA) is 78.2 Å². The van der Waals surface area contributed by atoms with Crippen LogP contribution in [0.1, 0.15) is 25.5 Å². The van der Waals surface area contributed by atoms with Crippen LogP contribution in [0.2, 0.25) is 0 Å². The van der Waals surface area contributed by atoms with Gasteiger partial charge in [0.05, 0.1) is 12.8 Å². The van der Waals surface area contributed by atoms with E-state index in [0.717, 1.165) is 37.6 Å². The molecule has 0 radical (unpaired) electrons. The molecule has 25 heavy (non-hydrogen) atoms. The smallest absolute Gasteiger partial charge is 0.332 e. The lowest BCUT2D eigenvalue weighted by Crippen LogP contribution is -2.40. The van der Waals surface area contributed by atoms with E-state index in [9.17, 15) is 9.59 Å². The maximum absolute atomic E-state index is 12.9. The molecule has 3 aromatic heterocycles. The Labute approximate surface area is 143 Å². The summed E-state index contributed by atoms with van der Waals surface area (Å²) >= 11 is 0. The first-order valence-electron chi connectivity index (χ1n) is 8.59. The highest BCUT2D eigenvalue weighted by atomic mass is 16.3. The van der Waals surface area contributed by atoms with Gasteiger partial charge in [0.15, 0.2) is 11.2 Å². The second-order valence-corrected chi connectivity index (χ2v) is 6.39. The first-order valence-corrected chi connectivity index (χ1v) is 8.59. The van der Waals surface area contributed by atoms with Crippen molar-refractivity contribution in [3.8, 4) is 0 Å². The minimum absolute atomic E-state index is 0.251. The molecular formula is C17H21N5O3. The average molecular weight is 343 g/mol. The molecule has 1 aliphatic heterocycles. The SMILES string of the molecule is CCCn1c(=O)c2c(nc3n2CCCN3Cc2ccco2)n(C)c1=O. The van der Waals surface area contributed by atoms with Crippen molar-refractivity contribution < 1.29 is 4.42 Å². The Kier molecular flexibility index (Phi) is 3.74. The number of aromatic nitrogens is 4. The molecule has 0 spiro atoms. The molecule has 8 nitrogen and oxygen atoms in total. The highest BCUT2D eigenvalue weighted by Gasteiger charge is 2.26. The van der Waals surface area contributed by atoms with E-state index < -0.39 is 0 Å². The van der Waals surface area contributed by atoms with E-state index in [-0.39, 0.29) is 11.2 Å². The van der Waals surface area contributed by atoms with E-state index in [0.29, 0.717) is 24.3 Å². The molecule has 3 aromatic rings. The van der Waals surface area contributed by atoms with Crippen molar-refractivity contribution >= 4 is 17.1 Å². The molecule has 0 N–H and O–H groups in total. The Bertz CT molecular complexity index is 1030. The minimum Gasteiger partial charge on any atom is -0.467 e. The Morgan fingerprint density at radius 3 is 2.84 bits per heavy atom. The van der Waals surface area contributed by atoms with Crippen molar-refractivity contribution in [3.05, 3.63) is 45.0 Å². The molecule has 0 saturated heterocycles. The Morgan fingerprint density at radius 1 is 1.28 bits per heavy atom. The van der Waals surface area contributed by atoms with Crippen LogP contribution in [0.25, 0.3) is 11.2 Å². The summed E-state index contributed by atoms with van der Waals surface area (Å²) in [6.45, 7) is 4.51. The highest BCUT2D eigenvalue weighted by Crippen LogP contribution is 2.25. The lowest BCUT2D eigenvalue weighted by molar-refractivity contribution is 0.481. The van der Waals surface area contributed by atoms with Crippen molar-refractivity contribution in [2.24, 2.45) is 7.05 Å². The summed E-state index contributed by atoms with van der Waals surface area (Å²) in [5, 5.41) is 0. The van der Waals surface area contributed by atoms with Gasteiger partial charge in [0, 0.05) is 26.7 Å². The number of nitrogens with zero attached hydrogens (tertiary/aromatic N) is 5. The van der Waals surface area contributed by atoms with E-state index in [1.165, 1.54) is 9.13 Å². The molecular weight excluding hydrogens is 322 g/mol. The minimum atomic E-state index is -0.313. The fourth-order valence-electron chi connectivity index (χ4n) is 3.49. The van der Waals surface area contributed by atoms with Crippen LogP contribution in [0.15, 0.2) is 32.4 Å². The zero-order chi connectivity index (χ0) is 17.6. The predicted molar refractivity (Wildman–Crippen MR) is 93.9 cm³/mol. The third kappa shape index (κ3) is 2.40. The van der Waals surface area contributed by atoms with E-state index in [1.54, 1.807) is 13.3 Å². The summed E-state index contributed by atoms with van der Waals surface area (Å²) in [4.78, 5) is 32.1. The maximum atomic E-state index is 12.9. The Hall–Kier alpha value is -2.77. The molecule has 0 bridgehead atoms. The average Bonchev–Trinajstić information content (AvgIpc) is 3.25. The van der Waals surface area contributed by atoms with Gasteiger partial charge in [-0.05, 0) is 25.0 Å². The number of imidazole rings is 1. The Morgan fingerprint density at radius 2 is 2.12 bits per heavy atom. The molecule has 132 valence electrons. The summed E-state index contributed by atoms with van der Waals surface area (Å²) in [6, 6.07) is 3.78.